The van der Waals surface area contributed by atoms with Gasteiger partial charge in [-0.25, -0.2) is 0 Å². The maximum atomic E-state index is 4.19. The number of hydrogen-bond acceptors (Lipinski definition) is 3. The number of likely N-dealkylation sites (N-methyl/N-ethyl adjacent to an activating group) is 1. The molecule has 0 aromatic heterocycles. The van der Waals surface area contributed by atoms with Crippen LogP contribution in [0.3, 0.4) is 0 Å². The van der Waals surface area contributed by atoms with E-state index in [1.807, 2.05) is 27.8 Å². The van der Waals surface area contributed by atoms with Gasteiger partial charge in [0.05, 0.1) is 11.4 Å². The first-order chi connectivity index (χ1) is 6.17. The Hall–Kier alpha value is -1.38. The van der Waals surface area contributed by atoms with Crippen LogP contribution in [-0.4, -0.2) is 19.5 Å². The third-order valence-corrected chi connectivity index (χ3v) is 1.51. The summed E-state index contributed by atoms with van der Waals surface area (Å²) >= 11 is 0. The molecule has 0 saturated carbocycles. The summed E-state index contributed by atoms with van der Waals surface area (Å²) in [5.41, 5.74) is 2.43. The van der Waals surface area contributed by atoms with Gasteiger partial charge in [-0.05, 0) is 20.8 Å². The van der Waals surface area contributed by atoms with E-state index < -0.39 is 0 Å². The van der Waals surface area contributed by atoms with Crippen LogP contribution in [0.1, 0.15) is 20.8 Å². The van der Waals surface area contributed by atoms with Crippen LogP contribution < -0.4 is 5.32 Å². The summed E-state index contributed by atoms with van der Waals surface area (Å²) in [6, 6.07) is 0. The molecule has 0 aliphatic carbocycles. The monoisotopic (exact) mass is 179 g/mol. The van der Waals surface area contributed by atoms with Crippen LogP contribution in [0.15, 0.2) is 33.7 Å². The zero-order chi connectivity index (χ0) is 10.3. The molecular formula is C10H17N3. The van der Waals surface area contributed by atoms with Crippen LogP contribution in [0, 0.1) is 0 Å². The summed E-state index contributed by atoms with van der Waals surface area (Å²) in [6.07, 6.45) is 3.47. The van der Waals surface area contributed by atoms with Crippen molar-refractivity contribution < 1.29 is 0 Å². The summed E-state index contributed by atoms with van der Waals surface area (Å²) in [5.74, 6) is 0. The molecule has 0 atom stereocenters. The predicted molar refractivity (Wildman–Crippen MR) is 59.2 cm³/mol. The Balaban J connectivity index is 4.98. The van der Waals surface area contributed by atoms with Gasteiger partial charge in [0.15, 0.2) is 0 Å². The molecule has 0 amide bonds. The van der Waals surface area contributed by atoms with E-state index in [0.717, 1.165) is 17.1 Å². The standard InChI is InChI=1S/C10H17N3/c1-6-12-9(4)10(13-7-2)8(3)11-5/h6-7,11H,3H2,1-2,4-5H3/b10-9+,12-6-,13-7-. The molecule has 0 fully saturated rings. The second-order valence-electron chi connectivity index (χ2n) is 2.44. The molecule has 0 unspecified atom stereocenters. The lowest BCUT2D eigenvalue weighted by Gasteiger charge is -2.06. The van der Waals surface area contributed by atoms with Gasteiger partial charge in [-0.2, -0.15) is 0 Å². The van der Waals surface area contributed by atoms with Gasteiger partial charge < -0.3 is 5.32 Å². The van der Waals surface area contributed by atoms with Gasteiger partial charge in [-0.15, -0.1) is 0 Å². The van der Waals surface area contributed by atoms with Gasteiger partial charge in [0.1, 0.15) is 5.70 Å². The molecule has 1 N–H and O–H groups in total. The van der Waals surface area contributed by atoms with Crippen LogP contribution in [0.5, 0.6) is 0 Å². The van der Waals surface area contributed by atoms with Crippen LogP contribution in [0.2, 0.25) is 0 Å². The molecule has 0 aromatic carbocycles. The Kier molecular flexibility index (Phi) is 5.52. The Morgan fingerprint density at radius 2 is 1.77 bits per heavy atom. The van der Waals surface area contributed by atoms with E-state index in [1.54, 1.807) is 12.4 Å². The first-order valence-corrected chi connectivity index (χ1v) is 4.22. The highest BCUT2D eigenvalue weighted by Gasteiger charge is 2.01. The smallest absolute Gasteiger partial charge is 0.106 e. The van der Waals surface area contributed by atoms with E-state index in [0.29, 0.717) is 0 Å². The average molecular weight is 179 g/mol. The summed E-state index contributed by atoms with van der Waals surface area (Å²) in [7, 11) is 1.82. The van der Waals surface area contributed by atoms with Crippen molar-refractivity contribution in [1.82, 2.24) is 5.32 Å². The Bertz CT molecular complexity index is 259. The van der Waals surface area contributed by atoms with Gasteiger partial charge in [0.25, 0.3) is 0 Å². The van der Waals surface area contributed by atoms with E-state index in [4.69, 9.17) is 0 Å². The van der Waals surface area contributed by atoms with Gasteiger partial charge >= 0.3 is 0 Å². The highest BCUT2D eigenvalue weighted by Crippen LogP contribution is 2.12. The molecule has 0 heterocycles. The number of nitrogens with one attached hydrogen (secondary N) is 1. The molecular weight excluding hydrogens is 162 g/mol. The van der Waals surface area contributed by atoms with E-state index in [9.17, 15) is 0 Å². The minimum atomic E-state index is 0.779. The fourth-order valence-corrected chi connectivity index (χ4v) is 0.892. The SMILES string of the molecule is C=C(NC)C(/N=C\C)=C(C)\N=C/C. The maximum absolute atomic E-state index is 4.19. The molecule has 0 aliphatic rings. The van der Waals surface area contributed by atoms with Crippen LogP contribution in [0.25, 0.3) is 0 Å². The Morgan fingerprint density at radius 3 is 2.15 bits per heavy atom. The lowest BCUT2D eigenvalue weighted by molar-refractivity contribution is 0.978. The third kappa shape index (κ3) is 3.69. The van der Waals surface area contributed by atoms with Gasteiger partial charge in [0.2, 0.25) is 0 Å². The molecule has 3 heteroatoms. The van der Waals surface area contributed by atoms with E-state index in [-0.39, 0.29) is 0 Å². The highest BCUT2D eigenvalue weighted by atomic mass is 14.9. The molecule has 0 bridgehead atoms. The predicted octanol–water partition coefficient (Wildman–Crippen LogP) is 2.13. The highest BCUT2D eigenvalue weighted by molar-refractivity contribution is 5.59. The third-order valence-electron chi connectivity index (χ3n) is 1.51. The molecule has 3 nitrogen and oxygen atoms in total. The van der Waals surface area contributed by atoms with Gasteiger partial charge in [0, 0.05) is 19.5 Å². The zero-order valence-corrected chi connectivity index (χ0v) is 8.76. The van der Waals surface area contributed by atoms with Crippen LogP contribution in [-0.2, 0) is 0 Å². The van der Waals surface area contributed by atoms with E-state index in [1.165, 1.54) is 0 Å². The molecule has 0 aromatic rings. The quantitative estimate of drug-likeness (QED) is 0.521. The Labute approximate surface area is 80.0 Å². The van der Waals surface area contributed by atoms with Gasteiger partial charge in [-0.3, -0.25) is 9.98 Å². The number of rotatable bonds is 4. The van der Waals surface area contributed by atoms with Crippen molar-refractivity contribution in [2.24, 2.45) is 9.98 Å². The van der Waals surface area contributed by atoms with Crippen LogP contribution in [0.4, 0.5) is 0 Å². The lowest BCUT2D eigenvalue weighted by Crippen LogP contribution is -2.07. The molecule has 72 valence electrons. The summed E-state index contributed by atoms with van der Waals surface area (Å²) in [6.45, 7) is 9.49. The molecule has 0 aliphatic heterocycles. The molecule has 0 radical (unpaired) electrons. The van der Waals surface area contributed by atoms with E-state index in [2.05, 4.69) is 21.9 Å². The minimum Gasteiger partial charge on any atom is -0.387 e. The molecule has 13 heavy (non-hydrogen) atoms. The second kappa shape index (κ2) is 6.17. The van der Waals surface area contributed by atoms with Crippen molar-refractivity contribution in [3.05, 3.63) is 23.7 Å². The lowest BCUT2D eigenvalue weighted by atomic mass is 10.3. The summed E-state index contributed by atoms with van der Waals surface area (Å²) in [4.78, 5) is 8.34. The van der Waals surface area contributed by atoms with Gasteiger partial charge in [-0.1, -0.05) is 6.58 Å². The number of nitrogens with zero attached hydrogens (tertiary/aromatic N) is 2. The van der Waals surface area contributed by atoms with Crippen molar-refractivity contribution in [1.29, 1.82) is 0 Å². The average Bonchev–Trinajstić information content (AvgIpc) is 2.13. The fourth-order valence-electron chi connectivity index (χ4n) is 0.892. The fraction of sp³-hybridized carbons (Fsp3) is 0.400. The maximum Gasteiger partial charge on any atom is 0.106 e. The van der Waals surface area contributed by atoms with Crippen molar-refractivity contribution in [3.63, 3.8) is 0 Å². The summed E-state index contributed by atoms with van der Waals surface area (Å²) in [5, 5.41) is 2.95. The minimum absolute atomic E-state index is 0.779. The van der Waals surface area contributed by atoms with Crippen molar-refractivity contribution in [3.8, 4) is 0 Å². The molecule has 0 rings (SSSR count). The van der Waals surface area contributed by atoms with E-state index >= 15 is 0 Å². The second-order valence-corrected chi connectivity index (χ2v) is 2.44. The molecule has 0 saturated heterocycles. The zero-order valence-electron chi connectivity index (χ0n) is 8.76. The number of allylic oxidation sites excluding steroid dienone is 1. The first-order valence-electron chi connectivity index (χ1n) is 4.22. The first kappa shape index (κ1) is 11.6. The van der Waals surface area contributed by atoms with Crippen molar-refractivity contribution in [2.75, 3.05) is 7.05 Å². The topological polar surface area (TPSA) is 36.8 Å². The Morgan fingerprint density at radius 1 is 1.23 bits per heavy atom. The number of hydrogen-bond donors (Lipinski definition) is 1. The van der Waals surface area contributed by atoms with Crippen molar-refractivity contribution in [2.45, 2.75) is 20.8 Å². The largest absolute Gasteiger partial charge is 0.387 e. The number of aliphatic imine (C=N–C) groups is 2. The van der Waals surface area contributed by atoms with Crippen molar-refractivity contribution >= 4 is 12.4 Å². The summed E-state index contributed by atoms with van der Waals surface area (Å²) < 4.78 is 0. The normalized spacial score (nSPS) is 13.5. The van der Waals surface area contributed by atoms with Crippen LogP contribution >= 0.6 is 0 Å². The molecule has 0 spiro atoms.